The number of fused-ring (bicyclic) bond motifs is 2. The molecule has 0 aliphatic carbocycles. The van der Waals surface area contributed by atoms with Crippen LogP contribution in [0.3, 0.4) is 0 Å². The maximum atomic E-state index is 12.8. The topological polar surface area (TPSA) is 59.1 Å². The van der Waals surface area contributed by atoms with E-state index in [-0.39, 0.29) is 24.6 Å². The molecule has 1 aromatic carbocycles. The van der Waals surface area contributed by atoms with Gasteiger partial charge in [-0.15, -0.1) is 0 Å². The van der Waals surface area contributed by atoms with Crippen LogP contribution in [-0.4, -0.2) is 47.2 Å². The van der Waals surface area contributed by atoms with Crippen LogP contribution in [0.15, 0.2) is 66.8 Å². The standard InChI is InChI=1S/C22H26N2O4/c1-3-5-9-17(4-2)16-28-24-19-12-13-20(23(14-19)22(24)26)21(25)27-15-18-10-7-6-8-11-18/h3-11,19-20H,1,12-16H2,2H3/b9-5-,17-4+/t19-,20+/m1/s1. The number of rotatable bonds is 8. The fourth-order valence-corrected chi connectivity index (χ4v) is 3.43. The summed E-state index contributed by atoms with van der Waals surface area (Å²) in [5, 5.41) is 1.41. The van der Waals surface area contributed by atoms with Gasteiger partial charge in [-0.25, -0.2) is 9.59 Å². The van der Waals surface area contributed by atoms with Gasteiger partial charge in [0, 0.05) is 6.54 Å². The van der Waals surface area contributed by atoms with Crippen molar-refractivity contribution in [3.63, 3.8) is 0 Å². The third-order valence-electron chi connectivity index (χ3n) is 5.01. The van der Waals surface area contributed by atoms with Crippen molar-refractivity contribution in [2.75, 3.05) is 13.2 Å². The van der Waals surface area contributed by atoms with Crippen LogP contribution < -0.4 is 0 Å². The zero-order valence-corrected chi connectivity index (χ0v) is 16.1. The first-order valence-electron chi connectivity index (χ1n) is 9.51. The second-order valence-corrected chi connectivity index (χ2v) is 6.83. The van der Waals surface area contributed by atoms with E-state index in [0.29, 0.717) is 26.0 Å². The minimum atomic E-state index is -0.553. The van der Waals surface area contributed by atoms with Crippen molar-refractivity contribution >= 4 is 12.0 Å². The molecule has 0 unspecified atom stereocenters. The van der Waals surface area contributed by atoms with E-state index in [2.05, 4.69) is 6.58 Å². The number of allylic oxidation sites excluding steroid dienone is 3. The van der Waals surface area contributed by atoms with Crippen molar-refractivity contribution in [1.82, 2.24) is 9.96 Å². The Morgan fingerprint density at radius 1 is 1.29 bits per heavy atom. The predicted octanol–water partition coefficient (Wildman–Crippen LogP) is 3.62. The van der Waals surface area contributed by atoms with Gasteiger partial charge in [-0.05, 0) is 30.9 Å². The van der Waals surface area contributed by atoms with Crippen LogP contribution >= 0.6 is 0 Å². The lowest BCUT2D eigenvalue weighted by Gasteiger charge is -2.28. The van der Waals surface area contributed by atoms with E-state index in [9.17, 15) is 9.59 Å². The summed E-state index contributed by atoms with van der Waals surface area (Å²) in [5.74, 6) is -0.361. The molecule has 0 aromatic heterocycles. The molecule has 2 atom stereocenters. The molecule has 2 amide bonds. The van der Waals surface area contributed by atoms with Crippen LogP contribution in [0.4, 0.5) is 4.79 Å². The number of amides is 2. The smallest absolute Gasteiger partial charge is 0.345 e. The first-order chi connectivity index (χ1) is 13.6. The lowest BCUT2D eigenvalue weighted by Crippen LogP contribution is -2.45. The number of piperidine rings is 1. The highest BCUT2D eigenvalue weighted by atomic mass is 16.7. The van der Waals surface area contributed by atoms with Crippen molar-refractivity contribution in [3.8, 4) is 0 Å². The molecule has 3 rings (SSSR count). The summed E-state index contributed by atoms with van der Waals surface area (Å²) in [7, 11) is 0. The minimum Gasteiger partial charge on any atom is -0.459 e. The molecule has 1 aromatic rings. The third kappa shape index (κ3) is 4.51. The number of urea groups is 1. The molecule has 2 fully saturated rings. The maximum absolute atomic E-state index is 12.8. The van der Waals surface area contributed by atoms with Gasteiger partial charge in [0.05, 0.1) is 12.6 Å². The van der Waals surface area contributed by atoms with Crippen LogP contribution in [0, 0.1) is 0 Å². The summed E-state index contributed by atoms with van der Waals surface area (Å²) in [6, 6.07) is 8.66. The summed E-state index contributed by atoms with van der Waals surface area (Å²) in [6.45, 7) is 6.55. The largest absolute Gasteiger partial charge is 0.459 e. The molecule has 2 saturated heterocycles. The first kappa shape index (κ1) is 19.9. The van der Waals surface area contributed by atoms with Crippen molar-refractivity contribution < 1.29 is 19.2 Å². The molecule has 0 radical (unpaired) electrons. The van der Waals surface area contributed by atoms with E-state index in [1.165, 1.54) is 5.06 Å². The number of carbonyl (C=O) groups excluding carboxylic acids is 2. The molecule has 2 heterocycles. The van der Waals surface area contributed by atoms with E-state index in [0.717, 1.165) is 11.1 Å². The van der Waals surface area contributed by atoms with Crippen LogP contribution in [0.5, 0.6) is 0 Å². The van der Waals surface area contributed by atoms with Gasteiger partial charge in [0.2, 0.25) is 0 Å². The number of esters is 1. The first-order valence-corrected chi connectivity index (χ1v) is 9.51. The molecule has 148 valence electrons. The fourth-order valence-electron chi connectivity index (χ4n) is 3.43. The summed E-state index contributed by atoms with van der Waals surface area (Å²) < 4.78 is 5.44. The Labute approximate surface area is 165 Å². The Morgan fingerprint density at radius 3 is 2.79 bits per heavy atom. The fraction of sp³-hybridized carbons (Fsp3) is 0.364. The Bertz CT molecular complexity index is 772. The third-order valence-corrected chi connectivity index (χ3v) is 5.01. The van der Waals surface area contributed by atoms with E-state index in [1.807, 2.05) is 55.5 Å². The molecule has 2 aliphatic rings. The van der Waals surface area contributed by atoms with Gasteiger partial charge in [-0.1, -0.05) is 61.2 Å². The molecule has 6 heteroatoms. The van der Waals surface area contributed by atoms with Crippen molar-refractivity contribution in [2.24, 2.45) is 0 Å². The van der Waals surface area contributed by atoms with E-state index in [1.54, 1.807) is 11.0 Å². The number of benzene rings is 1. The van der Waals surface area contributed by atoms with Gasteiger partial charge in [0.1, 0.15) is 12.6 Å². The normalized spacial score (nSPS) is 22.0. The maximum Gasteiger partial charge on any atom is 0.345 e. The molecule has 6 nitrogen and oxygen atoms in total. The Kier molecular flexibility index (Phi) is 6.66. The van der Waals surface area contributed by atoms with Crippen LogP contribution in [0.25, 0.3) is 0 Å². The Balaban J connectivity index is 1.57. The number of carbonyl (C=O) groups is 2. The minimum absolute atomic E-state index is 0.0350. The highest BCUT2D eigenvalue weighted by Crippen LogP contribution is 2.31. The Morgan fingerprint density at radius 2 is 2.07 bits per heavy atom. The van der Waals surface area contributed by atoms with Gasteiger partial charge in [-0.3, -0.25) is 4.84 Å². The molecule has 28 heavy (non-hydrogen) atoms. The summed E-state index contributed by atoms with van der Waals surface area (Å²) in [5.41, 5.74) is 1.87. The lowest BCUT2D eigenvalue weighted by molar-refractivity contribution is -0.151. The lowest BCUT2D eigenvalue weighted by atomic mass is 10.0. The van der Waals surface area contributed by atoms with Crippen LogP contribution in [0.1, 0.15) is 25.3 Å². The number of hydrogen-bond acceptors (Lipinski definition) is 4. The van der Waals surface area contributed by atoms with E-state index >= 15 is 0 Å². The number of hydroxylamine groups is 2. The quantitative estimate of drug-likeness (QED) is 0.509. The average Bonchev–Trinajstić information content (AvgIpc) is 2.97. The molecule has 0 spiro atoms. The molecular weight excluding hydrogens is 356 g/mol. The monoisotopic (exact) mass is 382 g/mol. The van der Waals surface area contributed by atoms with E-state index < -0.39 is 6.04 Å². The molecule has 2 aliphatic heterocycles. The van der Waals surface area contributed by atoms with Crippen molar-refractivity contribution in [2.45, 2.75) is 38.5 Å². The number of hydrogen-bond donors (Lipinski definition) is 0. The zero-order valence-electron chi connectivity index (χ0n) is 16.1. The highest BCUT2D eigenvalue weighted by Gasteiger charge is 2.48. The number of ether oxygens (including phenoxy) is 1. The molecule has 2 bridgehead atoms. The SMILES string of the molecule is C=C/C=C\C(=C/C)CON1C(=O)N2C[C@H]1CC[C@H]2C(=O)OCc1ccccc1. The van der Waals surface area contributed by atoms with Gasteiger partial charge in [0.25, 0.3) is 0 Å². The van der Waals surface area contributed by atoms with Gasteiger partial charge >= 0.3 is 12.0 Å². The van der Waals surface area contributed by atoms with Gasteiger partial charge in [-0.2, -0.15) is 5.06 Å². The molecule has 0 saturated carbocycles. The predicted molar refractivity (Wildman–Crippen MR) is 106 cm³/mol. The Hall–Kier alpha value is -2.86. The average molecular weight is 382 g/mol. The second kappa shape index (κ2) is 9.37. The van der Waals surface area contributed by atoms with Crippen LogP contribution in [0.2, 0.25) is 0 Å². The van der Waals surface area contributed by atoms with Gasteiger partial charge < -0.3 is 9.64 Å². The number of nitrogens with zero attached hydrogens (tertiary/aromatic N) is 2. The van der Waals surface area contributed by atoms with Crippen LogP contribution in [-0.2, 0) is 21.0 Å². The van der Waals surface area contributed by atoms with Crippen molar-refractivity contribution in [1.29, 1.82) is 0 Å². The second-order valence-electron chi connectivity index (χ2n) is 6.83. The van der Waals surface area contributed by atoms with Crippen molar-refractivity contribution in [3.05, 3.63) is 72.4 Å². The molecular formula is C22H26N2O4. The summed E-state index contributed by atoms with van der Waals surface area (Å²) in [6.07, 6.45) is 8.62. The summed E-state index contributed by atoms with van der Waals surface area (Å²) in [4.78, 5) is 32.6. The zero-order chi connectivity index (χ0) is 19.9. The highest BCUT2D eigenvalue weighted by molar-refractivity contribution is 5.85. The van der Waals surface area contributed by atoms with Gasteiger partial charge in [0.15, 0.2) is 0 Å². The molecule has 0 N–H and O–H groups in total. The summed E-state index contributed by atoms with van der Waals surface area (Å²) >= 11 is 0. The van der Waals surface area contributed by atoms with E-state index in [4.69, 9.17) is 9.57 Å².